The summed E-state index contributed by atoms with van der Waals surface area (Å²) in [5.41, 5.74) is -1.16. The molecule has 1 aliphatic heterocycles. The Kier molecular flexibility index (Phi) is 12.0. The molecule has 0 aromatic carbocycles. The van der Waals surface area contributed by atoms with E-state index in [2.05, 4.69) is 16.0 Å². The second kappa shape index (κ2) is 11.6. The molecule has 4 N–H and O–H groups in total. The minimum absolute atomic E-state index is 0. The fraction of sp³-hybridized carbons (Fsp3) is 0.727. The predicted molar refractivity (Wildman–Crippen MR) is 79.0 cm³/mol. The number of ether oxygens (including phenoxy) is 1. The van der Waals surface area contributed by atoms with E-state index >= 15 is 0 Å². The monoisotopic (exact) mass is 411 g/mol. The molecule has 0 bridgehead atoms. The molecular weight excluding hydrogens is 393 g/mol. The summed E-state index contributed by atoms with van der Waals surface area (Å²) in [5.74, 6) is 0. The molecule has 13 heteroatoms. The number of thioether (sulfide) groups is 1. The molecule has 5 atom stereocenters. The van der Waals surface area contributed by atoms with Crippen LogP contribution >= 0.6 is 11.8 Å². The van der Waals surface area contributed by atoms with E-state index in [4.69, 9.17) is 9.84 Å². The van der Waals surface area contributed by atoms with E-state index < -0.39 is 46.9 Å². The maximum absolute atomic E-state index is 10.5. The van der Waals surface area contributed by atoms with E-state index in [1.807, 2.05) is 0 Å². The number of hydrogen-bond donors (Lipinski definition) is 4. The third-order valence-electron chi connectivity index (χ3n) is 2.89. The normalized spacial score (nSPS) is 31.2. The molecule has 0 saturated carbocycles. The first-order valence-electron chi connectivity index (χ1n) is 6.49. The first-order valence-corrected chi connectivity index (χ1v) is 8.70. The average molecular weight is 411 g/mol. The molecule has 0 radical (unpaired) electrons. The van der Waals surface area contributed by atoms with Gasteiger partial charge in [-0.15, -0.1) is 6.58 Å². The van der Waals surface area contributed by atoms with Crippen LogP contribution in [0.5, 0.6) is 0 Å². The molecule has 1 fully saturated rings. The fourth-order valence-electron chi connectivity index (χ4n) is 1.74. The van der Waals surface area contributed by atoms with Gasteiger partial charge >= 0.3 is 51.4 Å². The van der Waals surface area contributed by atoms with Crippen LogP contribution in [0.2, 0.25) is 0 Å². The molecule has 1 saturated heterocycles. The Balaban J connectivity index is 0.00000529. The third kappa shape index (κ3) is 8.07. The van der Waals surface area contributed by atoms with Crippen molar-refractivity contribution in [1.29, 1.82) is 0 Å². The van der Waals surface area contributed by atoms with Crippen LogP contribution in [0.4, 0.5) is 0 Å². The van der Waals surface area contributed by atoms with Gasteiger partial charge in [-0.1, -0.05) is 23.0 Å². The summed E-state index contributed by atoms with van der Waals surface area (Å²) < 4.78 is 40.4. The summed E-state index contributed by atoms with van der Waals surface area (Å²) in [4.78, 5) is 0. The minimum atomic E-state index is -5.04. The van der Waals surface area contributed by atoms with Crippen LogP contribution < -0.4 is 51.4 Å². The molecule has 0 spiro atoms. The maximum Gasteiger partial charge on any atom is 1.00 e. The van der Waals surface area contributed by atoms with Gasteiger partial charge in [0.1, 0.15) is 34.9 Å². The van der Waals surface area contributed by atoms with Crippen molar-refractivity contribution in [3.05, 3.63) is 12.7 Å². The van der Waals surface area contributed by atoms with E-state index in [0.29, 0.717) is 18.2 Å². The topological polar surface area (TPSA) is 169 Å². The summed E-state index contributed by atoms with van der Waals surface area (Å²) in [6.07, 6.45) is -3.73. The fourth-order valence-corrected chi connectivity index (χ4v) is 3.05. The molecule has 24 heavy (non-hydrogen) atoms. The molecule has 1 rings (SSSR count). The number of rotatable bonds is 7. The molecule has 1 heterocycles. The van der Waals surface area contributed by atoms with E-state index in [9.17, 15) is 28.3 Å². The quantitative estimate of drug-likeness (QED) is 0.0607. The standard InChI is InChI=1S/C11H19NO9S2.K/c1-2-3-4-7(12-21-23(17,18)19)22-11-10(16)9(15)8(14)6(5-13)20-11;/h2,6,8-11,13-16H,1,3-5H2,(H,17,18,19);/q;+1/p-1/b12-7-;/t6-,8-,9+,10-,11+;/m1./s1. The van der Waals surface area contributed by atoms with Crippen molar-refractivity contribution < 1.29 is 93.8 Å². The number of nitrogens with zero attached hydrogens (tertiary/aromatic N) is 1. The Morgan fingerprint density at radius 3 is 2.46 bits per heavy atom. The van der Waals surface area contributed by atoms with Crippen LogP contribution in [0.15, 0.2) is 17.8 Å². The summed E-state index contributed by atoms with van der Waals surface area (Å²) in [7, 11) is -5.04. The van der Waals surface area contributed by atoms with E-state index in [-0.39, 0.29) is 62.8 Å². The van der Waals surface area contributed by atoms with Crippen molar-refractivity contribution >= 4 is 27.2 Å². The van der Waals surface area contributed by atoms with Gasteiger partial charge in [0.05, 0.1) is 6.61 Å². The summed E-state index contributed by atoms with van der Waals surface area (Å²) in [6.45, 7) is 2.87. The Morgan fingerprint density at radius 2 is 1.96 bits per heavy atom. The molecule has 134 valence electrons. The van der Waals surface area contributed by atoms with Crippen molar-refractivity contribution in [3.8, 4) is 0 Å². The Morgan fingerprint density at radius 1 is 1.33 bits per heavy atom. The van der Waals surface area contributed by atoms with Crippen molar-refractivity contribution in [2.45, 2.75) is 42.7 Å². The first kappa shape index (κ1) is 24.9. The molecule has 0 aromatic heterocycles. The van der Waals surface area contributed by atoms with Crippen LogP contribution in [-0.4, -0.2) is 74.9 Å². The van der Waals surface area contributed by atoms with E-state index in [0.717, 1.165) is 0 Å². The average Bonchev–Trinajstić information content (AvgIpc) is 2.49. The summed E-state index contributed by atoms with van der Waals surface area (Å²) in [5, 5.41) is 41.5. The maximum atomic E-state index is 10.5. The predicted octanol–water partition coefficient (Wildman–Crippen LogP) is -4.72. The summed E-state index contributed by atoms with van der Waals surface area (Å²) in [6, 6.07) is 0. The molecular formula is C11H18KNO9S2. The molecule has 10 nitrogen and oxygen atoms in total. The Labute approximate surface area is 186 Å². The largest absolute Gasteiger partial charge is 1.00 e. The molecule has 0 aromatic rings. The van der Waals surface area contributed by atoms with Crippen molar-refractivity contribution in [1.82, 2.24) is 0 Å². The first-order chi connectivity index (χ1) is 10.7. The second-order valence-electron chi connectivity index (χ2n) is 4.61. The zero-order valence-electron chi connectivity index (χ0n) is 12.9. The van der Waals surface area contributed by atoms with Crippen LogP contribution in [-0.2, 0) is 19.4 Å². The van der Waals surface area contributed by atoms with Crippen molar-refractivity contribution in [2.24, 2.45) is 5.16 Å². The van der Waals surface area contributed by atoms with Gasteiger partial charge in [-0.25, -0.2) is 0 Å². The van der Waals surface area contributed by atoms with Gasteiger partial charge in [0.15, 0.2) is 0 Å². The number of hydrogen-bond acceptors (Lipinski definition) is 11. The van der Waals surface area contributed by atoms with Gasteiger partial charge in [0.25, 0.3) is 10.4 Å². The van der Waals surface area contributed by atoms with Gasteiger partial charge in [0.2, 0.25) is 0 Å². The molecule has 1 aliphatic rings. The number of allylic oxidation sites excluding steroid dienone is 1. The van der Waals surface area contributed by atoms with E-state index in [1.54, 1.807) is 0 Å². The van der Waals surface area contributed by atoms with Crippen LogP contribution in [0.25, 0.3) is 0 Å². The SMILES string of the molecule is C=CCC/C(=N/OS(=O)(=O)[O-])S[C@@H]1O[C@H](CO)[C@@H](O)[C@H](O)[C@H]1O.[K+]. The van der Waals surface area contributed by atoms with E-state index in [1.165, 1.54) is 6.08 Å². The van der Waals surface area contributed by atoms with Gasteiger partial charge in [-0.3, -0.25) is 4.28 Å². The molecule has 0 unspecified atom stereocenters. The smallest absolute Gasteiger partial charge is 0.714 e. The van der Waals surface area contributed by atoms with Gasteiger partial charge in [0, 0.05) is 6.42 Å². The Hall–Kier alpha value is 0.906. The third-order valence-corrected chi connectivity index (χ3v) is 4.32. The van der Waals surface area contributed by atoms with Crippen LogP contribution in [0.3, 0.4) is 0 Å². The number of oxime groups is 1. The van der Waals surface area contributed by atoms with Crippen molar-refractivity contribution in [3.63, 3.8) is 0 Å². The van der Waals surface area contributed by atoms with Crippen LogP contribution in [0.1, 0.15) is 12.8 Å². The number of aliphatic hydroxyl groups excluding tert-OH is 4. The zero-order chi connectivity index (χ0) is 17.6. The summed E-state index contributed by atoms with van der Waals surface area (Å²) >= 11 is 0.699. The second-order valence-corrected chi connectivity index (χ2v) is 6.75. The van der Waals surface area contributed by atoms with Crippen molar-refractivity contribution in [2.75, 3.05) is 6.61 Å². The number of aliphatic hydroxyl groups is 4. The molecule has 0 aliphatic carbocycles. The van der Waals surface area contributed by atoms with Gasteiger partial charge in [-0.05, 0) is 6.42 Å². The Bertz CT molecular complexity index is 528. The van der Waals surface area contributed by atoms with Gasteiger partial charge < -0.3 is 29.7 Å². The van der Waals surface area contributed by atoms with Gasteiger partial charge in [-0.2, -0.15) is 8.42 Å². The zero-order valence-corrected chi connectivity index (χ0v) is 17.6. The molecule has 0 amide bonds. The minimum Gasteiger partial charge on any atom is -0.714 e. The van der Waals surface area contributed by atoms with Crippen LogP contribution in [0, 0.1) is 0 Å².